The molecule has 5 nitrogen and oxygen atoms in total. The van der Waals surface area contributed by atoms with Crippen molar-refractivity contribution in [1.82, 2.24) is 10.6 Å². The van der Waals surface area contributed by atoms with Crippen LogP contribution in [0, 0.1) is 0 Å². The number of guanidine groups is 1. The normalized spacial score (nSPS) is 12.8. The van der Waals surface area contributed by atoms with Crippen LogP contribution >= 0.6 is 35.7 Å². The fraction of sp³-hybridized carbons (Fsp3) is 0.900. The largest absolute Gasteiger partial charge is 0.355 e. The second-order valence-corrected chi connectivity index (χ2v) is 8.22. The van der Waals surface area contributed by atoms with Crippen molar-refractivity contribution < 1.29 is 8.42 Å². The van der Waals surface area contributed by atoms with Crippen molar-refractivity contribution in [2.75, 3.05) is 38.4 Å². The molecule has 0 aromatic rings. The summed E-state index contributed by atoms with van der Waals surface area (Å²) in [5.74, 6) is 0.746. The summed E-state index contributed by atoms with van der Waals surface area (Å²) >= 11 is 1.77. The zero-order valence-electron chi connectivity index (χ0n) is 11.6. The first-order valence-corrected chi connectivity index (χ1v) is 8.66. The Morgan fingerprint density at radius 3 is 2.28 bits per heavy atom. The number of hydrogen-bond acceptors (Lipinski definition) is 4. The van der Waals surface area contributed by atoms with Gasteiger partial charge in [-0.25, -0.2) is 8.42 Å². The van der Waals surface area contributed by atoms with Crippen LogP contribution in [0.5, 0.6) is 0 Å². The summed E-state index contributed by atoms with van der Waals surface area (Å²) in [4.78, 5) is 4.04. The van der Waals surface area contributed by atoms with Gasteiger partial charge in [-0.1, -0.05) is 0 Å². The fourth-order valence-electron chi connectivity index (χ4n) is 0.944. The third-order valence-corrected chi connectivity index (χ3v) is 4.42. The van der Waals surface area contributed by atoms with Gasteiger partial charge >= 0.3 is 0 Å². The fourth-order valence-corrected chi connectivity index (χ4v) is 1.63. The van der Waals surface area contributed by atoms with E-state index in [9.17, 15) is 8.42 Å². The maximum Gasteiger partial charge on any atom is 0.191 e. The lowest BCUT2D eigenvalue weighted by Crippen LogP contribution is -2.44. The molecule has 0 aliphatic rings. The smallest absolute Gasteiger partial charge is 0.191 e. The molecule has 0 saturated carbocycles. The molecule has 0 aliphatic heterocycles. The van der Waals surface area contributed by atoms with Crippen LogP contribution in [0.3, 0.4) is 0 Å². The molecule has 0 fully saturated rings. The Balaban J connectivity index is 0. The minimum Gasteiger partial charge on any atom is -0.355 e. The number of sulfone groups is 1. The van der Waals surface area contributed by atoms with Crippen molar-refractivity contribution in [3.05, 3.63) is 0 Å². The number of nitrogens with one attached hydrogen (secondary N) is 2. The van der Waals surface area contributed by atoms with Crippen LogP contribution < -0.4 is 10.6 Å². The number of rotatable bonds is 6. The molecular weight excluding hydrogens is 385 g/mol. The molecule has 0 bridgehead atoms. The summed E-state index contributed by atoms with van der Waals surface area (Å²) < 4.78 is 22.0. The molecule has 2 N–H and O–H groups in total. The molecule has 8 heteroatoms. The molecule has 0 rings (SSSR count). The van der Waals surface area contributed by atoms with Gasteiger partial charge in [0.1, 0.15) is 9.84 Å². The Morgan fingerprint density at radius 1 is 1.33 bits per heavy atom. The lowest BCUT2D eigenvalue weighted by molar-refractivity contribution is 0.600. The first-order chi connectivity index (χ1) is 7.70. The Bertz CT molecular complexity index is 356. The molecule has 0 radical (unpaired) electrons. The second kappa shape index (κ2) is 9.24. The van der Waals surface area contributed by atoms with Crippen LogP contribution in [-0.2, 0) is 9.84 Å². The van der Waals surface area contributed by atoms with Gasteiger partial charge in [0.15, 0.2) is 5.96 Å². The van der Waals surface area contributed by atoms with E-state index in [1.54, 1.807) is 18.8 Å². The third kappa shape index (κ3) is 11.4. The second-order valence-electron chi connectivity index (χ2n) is 4.45. The lowest BCUT2D eigenvalue weighted by atomic mass is 10.2. The summed E-state index contributed by atoms with van der Waals surface area (Å²) in [6.45, 7) is 5.41. The molecule has 0 atom stereocenters. The van der Waals surface area contributed by atoms with Gasteiger partial charge in [0.2, 0.25) is 0 Å². The molecule has 0 spiro atoms. The average molecular weight is 409 g/mol. The van der Waals surface area contributed by atoms with E-state index in [0.29, 0.717) is 12.5 Å². The van der Waals surface area contributed by atoms with Crippen molar-refractivity contribution in [3.8, 4) is 0 Å². The standard InChI is InChI=1S/C10H23N3O2S2.HI/c1-10(2,16-4)8-13-9(11-3)12-6-7-17(5,14)15;/h6-8H2,1-5H3,(H2,11,12,13);1H. The zero-order valence-corrected chi connectivity index (χ0v) is 15.6. The van der Waals surface area contributed by atoms with E-state index in [4.69, 9.17) is 0 Å². The SMILES string of the molecule is CN=C(NCCS(C)(=O)=O)NCC(C)(C)SC.I. The Hall–Kier alpha value is 0.300. The molecule has 0 aliphatic carbocycles. The van der Waals surface area contributed by atoms with Crippen molar-refractivity contribution in [2.45, 2.75) is 18.6 Å². The van der Waals surface area contributed by atoms with Gasteiger partial charge in [-0.15, -0.1) is 24.0 Å². The molecule has 0 saturated heterocycles. The highest BCUT2D eigenvalue weighted by Crippen LogP contribution is 2.19. The first-order valence-electron chi connectivity index (χ1n) is 5.37. The summed E-state index contributed by atoms with van der Waals surface area (Å²) in [5.41, 5.74) is 0. The van der Waals surface area contributed by atoms with Crippen LogP contribution in [0.15, 0.2) is 4.99 Å². The highest BCUT2D eigenvalue weighted by Gasteiger charge is 2.16. The molecule has 0 heterocycles. The van der Waals surface area contributed by atoms with Crippen LogP contribution in [0.1, 0.15) is 13.8 Å². The maximum absolute atomic E-state index is 11.0. The molecule has 18 heavy (non-hydrogen) atoms. The van der Waals surface area contributed by atoms with Gasteiger partial charge in [-0.2, -0.15) is 11.8 Å². The van der Waals surface area contributed by atoms with E-state index >= 15 is 0 Å². The molecule has 0 unspecified atom stereocenters. The summed E-state index contributed by atoms with van der Waals surface area (Å²) in [6, 6.07) is 0. The van der Waals surface area contributed by atoms with Crippen LogP contribution in [0.2, 0.25) is 0 Å². The zero-order chi connectivity index (χ0) is 13.5. The van der Waals surface area contributed by atoms with E-state index < -0.39 is 9.84 Å². The van der Waals surface area contributed by atoms with Crippen molar-refractivity contribution >= 4 is 51.5 Å². The van der Waals surface area contributed by atoms with Crippen molar-refractivity contribution in [2.24, 2.45) is 4.99 Å². The molecular formula is C10H24IN3O2S2. The van der Waals surface area contributed by atoms with E-state index in [1.165, 1.54) is 6.26 Å². The number of aliphatic imine (C=N–C) groups is 1. The topological polar surface area (TPSA) is 70.6 Å². The summed E-state index contributed by atoms with van der Waals surface area (Å²) in [7, 11) is -1.26. The van der Waals surface area contributed by atoms with E-state index in [0.717, 1.165) is 6.54 Å². The predicted molar refractivity (Wildman–Crippen MR) is 92.1 cm³/mol. The molecule has 0 amide bonds. The van der Waals surface area contributed by atoms with Crippen molar-refractivity contribution in [1.29, 1.82) is 0 Å². The molecule has 0 aromatic heterocycles. The summed E-state index contributed by atoms with van der Waals surface area (Å²) in [6.07, 6.45) is 3.28. The van der Waals surface area contributed by atoms with Crippen molar-refractivity contribution in [3.63, 3.8) is 0 Å². The summed E-state index contributed by atoms with van der Waals surface area (Å²) in [5, 5.41) is 6.14. The minimum atomic E-state index is -2.93. The van der Waals surface area contributed by atoms with Crippen LogP contribution in [0.4, 0.5) is 0 Å². The lowest BCUT2D eigenvalue weighted by Gasteiger charge is -2.23. The Morgan fingerprint density at radius 2 is 1.89 bits per heavy atom. The minimum absolute atomic E-state index is 0. The quantitative estimate of drug-likeness (QED) is 0.389. The molecule has 110 valence electrons. The van der Waals surface area contributed by atoms with Gasteiger partial charge in [-0.3, -0.25) is 4.99 Å². The van der Waals surface area contributed by atoms with Gasteiger partial charge in [0.05, 0.1) is 5.75 Å². The Kier molecular flexibility index (Phi) is 10.6. The van der Waals surface area contributed by atoms with E-state index in [2.05, 4.69) is 35.7 Å². The van der Waals surface area contributed by atoms with Crippen LogP contribution in [-0.4, -0.2) is 57.5 Å². The number of hydrogen-bond donors (Lipinski definition) is 2. The monoisotopic (exact) mass is 409 g/mol. The molecule has 0 aromatic carbocycles. The number of nitrogens with zero attached hydrogens (tertiary/aromatic N) is 1. The van der Waals surface area contributed by atoms with Gasteiger partial charge in [-0.05, 0) is 20.1 Å². The Labute approximate surface area is 132 Å². The van der Waals surface area contributed by atoms with Gasteiger partial charge in [0.25, 0.3) is 0 Å². The number of halogens is 1. The number of thioether (sulfide) groups is 1. The van der Waals surface area contributed by atoms with Crippen LogP contribution in [0.25, 0.3) is 0 Å². The van der Waals surface area contributed by atoms with Gasteiger partial charge < -0.3 is 10.6 Å². The first kappa shape index (κ1) is 20.6. The highest BCUT2D eigenvalue weighted by molar-refractivity contribution is 14.0. The van der Waals surface area contributed by atoms with E-state index in [-0.39, 0.29) is 34.5 Å². The average Bonchev–Trinajstić information content (AvgIpc) is 2.21. The highest BCUT2D eigenvalue weighted by atomic mass is 127. The van der Waals surface area contributed by atoms with Gasteiger partial charge in [0, 0.05) is 31.1 Å². The van der Waals surface area contributed by atoms with E-state index in [1.807, 2.05) is 0 Å². The predicted octanol–water partition coefficient (Wildman–Crippen LogP) is 0.956. The maximum atomic E-state index is 11.0. The third-order valence-electron chi connectivity index (χ3n) is 2.22.